The molecule has 2 aromatic heterocycles. The van der Waals surface area contributed by atoms with Crippen LogP contribution in [0.25, 0.3) is 0 Å². The van der Waals surface area contributed by atoms with Crippen LogP contribution in [-0.2, 0) is 6.54 Å². The lowest BCUT2D eigenvalue weighted by molar-refractivity contribution is 0.0714. The number of furan rings is 1. The number of carbonyl (C=O) groups excluding carboxylic acids is 1. The molecule has 0 bridgehead atoms. The fourth-order valence-corrected chi connectivity index (χ4v) is 3.30. The molecule has 1 aliphatic rings. The number of piperazine rings is 1. The molecule has 0 unspecified atom stereocenters. The molecule has 3 aromatic rings. The number of para-hydroxylation sites is 1. The van der Waals surface area contributed by atoms with Crippen LogP contribution in [0.15, 0.2) is 59.3 Å². The standard InChI is InChI=1S/C21H23N5O3/c1-28-17-6-3-2-5-16(17)15-23-19-8-9-22-21(24-19)26-12-10-25(11-13-26)20(27)18-7-4-14-29-18/h2-9,14H,10-13,15H2,1H3,(H,22,23,24). The number of hydrogen-bond acceptors (Lipinski definition) is 7. The molecule has 0 spiro atoms. The molecule has 4 rings (SSSR count). The molecule has 8 heteroatoms. The monoisotopic (exact) mass is 393 g/mol. The van der Waals surface area contributed by atoms with Gasteiger partial charge in [0, 0.05) is 44.5 Å². The summed E-state index contributed by atoms with van der Waals surface area (Å²) in [7, 11) is 1.66. The van der Waals surface area contributed by atoms with Gasteiger partial charge in [0.05, 0.1) is 13.4 Å². The Balaban J connectivity index is 1.36. The Hall–Kier alpha value is -3.55. The highest BCUT2D eigenvalue weighted by molar-refractivity contribution is 5.91. The highest BCUT2D eigenvalue weighted by atomic mass is 16.5. The second-order valence-corrected chi connectivity index (χ2v) is 6.66. The van der Waals surface area contributed by atoms with Crippen LogP contribution in [-0.4, -0.2) is 54.1 Å². The van der Waals surface area contributed by atoms with Crippen LogP contribution in [0.5, 0.6) is 5.75 Å². The van der Waals surface area contributed by atoms with Gasteiger partial charge in [-0.1, -0.05) is 18.2 Å². The van der Waals surface area contributed by atoms with Crippen molar-refractivity contribution in [2.45, 2.75) is 6.54 Å². The van der Waals surface area contributed by atoms with Gasteiger partial charge >= 0.3 is 0 Å². The predicted octanol–water partition coefficient (Wildman–Crippen LogP) is 2.65. The van der Waals surface area contributed by atoms with E-state index in [9.17, 15) is 4.79 Å². The lowest BCUT2D eigenvalue weighted by atomic mass is 10.2. The van der Waals surface area contributed by atoms with Crippen LogP contribution in [0.3, 0.4) is 0 Å². The van der Waals surface area contributed by atoms with Crippen molar-refractivity contribution in [1.29, 1.82) is 0 Å². The largest absolute Gasteiger partial charge is 0.496 e. The fourth-order valence-electron chi connectivity index (χ4n) is 3.30. The maximum Gasteiger partial charge on any atom is 0.289 e. The molecule has 150 valence electrons. The molecule has 0 radical (unpaired) electrons. The van der Waals surface area contributed by atoms with Crippen LogP contribution in [0.1, 0.15) is 16.1 Å². The second kappa shape index (κ2) is 8.64. The number of rotatable bonds is 6. The molecule has 1 aromatic carbocycles. The first kappa shape index (κ1) is 18.8. The number of hydrogen-bond donors (Lipinski definition) is 1. The van der Waals surface area contributed by atoms with E-state index < -0.39 is 0 Å². The molecule has 1 N–H and O–H groups in total. The number of nitrogens with zero attached hydrogens (tertiary/aromatic N) is 4. The van der Waals surface area contributed by atoms with Gasteiger partial charge in [-0.2, -0.15) is 4.98 Å². The van der Waals surface area contributed by atoms with Gasteiger partial charge in [0.2, 0.25) is 5.95 Å². The number of benzene rings is 1. The summed E-state index contributed by atoms with van der Waals surface area (Å²) in [6.45, 7) is 3.14. The summed E-state index contributed by atoms with van der Waals surface area (Å²) in [5, 5.41) is 3.33. The minimum atomic E-state index is -0.0807. The minimum Gasteiger partial charge on any atom is -0.496 e. The zero-order chi connectivity index (χ0) is 20.1. The fraction of sp³-hybridized carbons (Fsp3) is 0.286. The van der Waals surface area contributed by atoms with Gasteiger partial charge in [-0.05, 0) is 24.3 Å². The van der Waals surface area contributed by atoms with Gasteiger partial charge in [0.1, 0.15) is 11.6 Å². The van der Waals surface area contributed by atoms with Crippen molar-refractivity contribution in [2.75, 3.05) is 43.5 Å². The maximum atomic E-state index is 12.4. The third kappa shape index (κ3) is 4.31. The van der Waals surface area contributed by atoms with E-state index in [1.807, 2.05) is 30.3 Å². The number of methoxy groups -OCH3 is 1. The number of carbonyl (C=O) groups is 1. The van der Waals surface area contributed by atoms with Crippen LogP contribution < -0.4 is 15.0 Å². The average molecular weight is 393 g/mol. The number of aromatic nitrogens is 2. The van der Waals surface area contributed by atoms with Gasteiger partial charge in [0.25, 0.3) is 5.91 Å². The van der Waals surface area contributed by atoms with Gasteiger partial charge in [0.15, 0.2) is 5.76 Å². The Morgan fingerprint density at radius 3 is 2.72 bits per heavy atom. The summed E-state index contributed by atoms with van der Waals surface area (Å²) >= 11 is 0. The van der Waals surface area contributed by atoms with Crippen molar-refractivity contribution in [3.63, 3.8) is 0 Å². The number of ether oxygens (including phenoxy) is 1. The molecule has 1 fully saturated rings. The molecule has 0 aliphatic carbocycles. The van der Waals surface area contributed by atoms with Crippen molar-refractivity contribution < 1.29 is 13.9 Å². The third-order valence-electron chi connectivity index (χ3n) is 4.88. The Morgan fingerprint density at radius 1 is 1.14 bits per heavy atom. The molecule has 1 amide bonds. The number of amides is 1. The Kier molecular flexibility index (Phi) is 5.60. The zero-order valence-corrected chi connectivity index (χ0v) is 16.2. The summed E-state index contributed by atoms with van der Waals surface area (Å²) in [5.41, 5.74) is 1.06. The van der Waals surface area contributed by atoms with E-state index in [0.717, 1.165) is 17.1 Å². The molecule has 1 aliphatic heterocycles. The van der Waals surface area contributed by atoms with E-state index in [1.54, 1.807) is 30.3 Å². The molecule has 3 heterocycles. The Morgan fingerprint density at radius 2 is 1.97 bits per heavy atom. The normalized spacial score (nSPS) is 14.0. The van der Waals surface area contributed by atoms with E-state index in [2.05, 4.69) is 20.2 Å². The van der Waals surface area contributed by atoms with Crippen LogP contribution >= 0.6 is 0 Å². The molecule has 0 saturated carbocycles. The van der Waals surface area contributed by atoms with E-state index in [4.69, 9.17) is 9.15 Å². The van der Waals surface area contributed by atoms with E-state index >= 15 is 0 Å². The van der Waals surface area contributed by atoms with Gasteiger partial charge in [-0.25, -0.2) is 4.98 Å². The summed E-state index contributed by atoms with van der Waals surface area (Å²) in [4.78, 5) is 25.3. The van der Waals surface area contributed by atoms with Crippen molar-refractivity contribution in [3.8, 4) is 5.75 Å². The maximum absolute atomic E-state index is 12.4. The van der Waals surface area contributed by atoms with E-state index in [1.165, 1.54) is 6.26 Å². The van der Waals surface area contributed by atoms with Crippen molar-refractivity contribution in [1.82, 2.24) is 14.9 Å². The number of anilines is 2. The SMILES string of the molecule is COc1ccccc1CNc1ccnc(N2CCN(C(=O)c3ccco3)CC2)n1. The molecule has 1 saturated heterocycles. The molecule has 0 atom stereocenters. The van der Waals surface area contributed by atoms with Gasteiger partial charge < -0.3 is 24.3 Å². The van der Waals surface area contributed by atoms with Crippen molar-refractivity contribution in [2.24, 2.45) is 0 Å². The first-order valence-corrected chi connectivity index (χ1v) is 9.51. The molecular weight excluding hydrogens is 370 g/mol. The lowest BCUT2D eigenvalue weighted by Gasteiger charge is -2.34. The van der Waals surface area contributed by atoms with Crippen molar-refractivity contribution >= 4 is 17.7 Å². The Labute approximate surface area is 169 Å². The lowest BCUT2D eigenvalue weighted by Crippen LogP contribution is -2.49. The van der Waals surface area contributed by atoms with Gasteiger partial charge in [-0.3, -0.25) is 4.79 Å². The number of nitrogens with one attached hydrogen (secondary N) is 1. The molecule has 29 heavy (non-hydrogen) atoms. The van der Waals surface area contributed by atoms with Crippen LogP contribution in [0, 0.1) is 0 Å². The summed E-state index contributed by atoms with van der Waals surface area (Å²) < 4.78 is 10.6. The quantitative estimate of drug-likeness (QED) is 0.689. The smallest absolute Gasteiger partial charge is 0.289 e. The average Bonchev–Trinajstić information content (AvgIpc) is 3.33. The highest BCUT2D eigenvalue weighted by Crippen LogP contribution is 2.19. The predicted molar refractivity (Wildman–Crippen MR) is 109 cm³/mol. The summed E-state index contributed by atoms with van der Waals surface area (Å²) in [6.07, 6.45) is 3.26. The highest BCUT2D eigenvalue weighted by Gasteiger charge is 2.24. The summed E-state index contributed by atoms with van der Waals surface area (Å²) in [6, 6.07) is 13.1. The van der Waals surface area contributed by atoms with Crippen LogP contribution in [0.2, 0.25) is 0 Å². The van der Waals surface area contributed by atoms with Crippen LogP contribution in [0.4, 0.5) is 11.8 Å². The molecular formula is C21H23N5O3. The first-order valence-electron chi connectivity index (χ1n) is 9.51. The minimum absolute atomic E-state index is 0.0807. The summed E-state index contributed by atoms with van der Waals surface area (Å²) in [5.74, 6) is 2.53. The molecule has 8 nitrogen and oxygen atoms in total. The first-order chi connectivity index (χ1) is 14.2. The van der Waals surface area contributed by atoms with E-state index in [0.29, 0.717) is 44.4 Å². The Bertz CT molecular complexity index is 952. The topological polar surface area (TPSA) is 83.7 Å². The van der Waals surface area contributed by atoms with Gasteiger partial charge in [-0.15, -0.1) is 0 Å². The zero-order valence-electron chi connectivity index (χ0n) is 16.2. The second-order valence-electron chi connectivity index (χ2n) is 6.66. The van der Waals surface area contributed by atoms with Crippen molar-refractivity contribution in [3.05, 3.63) is 66.2 Å². The third-order valence-corrected chi connectivity index (χ3v) is 4.88. The van der Waals surface area contributed by atoms with E-state index in [-0.39, 0.29) is 5.91 Å².